The molecule has 0 saturated carbocycles. The van der Waals surface area contributed by atoms with Gasteiger partial charge >= 0.3 is 0 Å². The summed E-state index contributed by atoms with van der Waals surface area (Å²) in [6.07, 6.45) is 1.15. The maximum absolute atomic E-state index is 6.36. The highest BCUT2D eigenvalue weighted by atomic mass is 32.1. The standard InChI is InChI=1S/C18H19NOS/c1-19-12-11-17(18-10-5-13-21-18)20-16-9-4-7-14-6-2-3-8-15(14)16/h2-10,13,17,19H,11-12H2,1H3/p+1/t17-/m1/s1. The zero-order chi connectivity index (χ0) is 14.5. The van der Waals surface area contributed by atoms with Crippen LogP contribution in [0.25, 0.3) is 10.8 Å². The summed E-state index contributed by atoms with van der Waals surface area (Å²) < 4.78 is 6.36. The Morgan fingerprint density at radius 3 is 2.71 bits per heavy atom. The molecular formula is C18H20NOS+. The summed E-state index contributed by atoms with van der Waals surface area (Å²) in [5.41, 5.74) is 0. The Morgan fingerprint density at radius 2 is 1.90 bits per heavy atom. The molecule has 0 amide bonds. The number of thiophene rings is 1. The number of quaternary nitrogens is 1. The highest BCUT2D eigenvalue weighted by Gasteiger charge is 2.16. The van der Waals surface area contributed by atoms with Gasteiger partial charge in [-0.1, -0.05) is 42.5 Å². The van der Waals surface area contributed by atoms with Crippen LogP contribution in [-0.4, -0.2) is 13.6 Å². The van der Waals surface area contributed by atoms with Crippen molar-refractivity contribution in [1.29, 1.82) is 0 Å². The molecule has 1 heterocycles. The molecule has 0 bridgehead atoms. The number of rotatable bonds is 6. The van der Waals surface area contributed by atoms with Crippen molar-refractivity contribution in [1.82, 2.24) is 0 Å². The first-order valence-electron chi connectivity index (χ1n) is 7.34. The third kappa shape index (κ3) is 3.26. The molecule has 0 saturated heterocycles. The number of hydrogen-bond donors (Lipinski definition) is 1. The number of ether oxygens (including phenoxy) is 1. The summed E-state index contributed by atoms with van der Waals surface area (Å²) in [7, 11) is 2.10. The first-order chi connectivity index (χ1) is 10.4. The lowest BCUT2D eigenvalue weighted by atomic mass is 10.1. The number of fused-ring (bicyclic) bond motifs is 1. The van der Waals surface area contributed by atoms with E-state index in [9.17, 15) is 0 Å². The zero-order valence-corrected chi connectivity index (χ0v) is 13.0. The van der Waals surface area contributed by atoms with Crippen molar-refractivity contribution in [3.05, 3.63) is 64.9 Å². The van der Waals surface area contributed by atoms with Crippen LogP contribution in [0.15, 0.2) is 60.0 Å². The predicted molar refractivity (Wildman–Crippen MR) is 89.0 cm³/mol. The number of benzene rings is 2. The molecule has 1 atom stereocenters. The summed E-state index contributed by atoms with van der Waals surface area (Å²) in [6, 6.07) is 18.9. The maximum atomic E-state index is 6.36. The van der Waals surface area contributed by atoms with E-state index in [2.05, 4.69) is 72.3 Å². The van der Waals surface area contributed by atoms with Crippen LogP contribution in [0.1, 0.15) is 17.4 Å². The second-order valence-electron chi connectivity index (χ2n) is 5.08. The third-order valence-corrected chi connectivity index (χ3v) is 4.56. The average Bonchev–Trinajstić information content (AvgIpc) is 3.06. The van der Waals surface area contributed by atoms with Crippen LogP contribution < -0.4 is 10.1 Å². The van der Waals surface area contributed by atoms with Crippen molar-refractivity contribution >= 4 is 22.1 Å². The van der Waals surface area contributed by atoms with Crippen molar-refractivity contribution < 1.29 is 10.1 Å². The lowest BCUT2D eigenvalue weighted by molar-refractivity contribution is -0.628. The Labute approximate surface area is 129 Å². The third-order valence-electron chi connectivity index (χ3n) is 3.60. The van der Waals surface area contributed by atoms with Crippen molar-refractivity contribution in [2.75, 3.05) is 13.6 Å². The molecule has 0 spiro atoms. The maximum Gasteiger partial charge on any atom is 0.138 e. The van der Waals surface area contributed by atoms with Crippen LogP contribution in [0.4, 0.5) is 0 Å². The smallest absolute Gasteiger partial charge is 0.138 e. The van der Waals surface area contributed by atoms with Crippen molar-refractivity contribution in [2.24, 2.45) is 0 Å². The van der Waals surface area contributed by atoms with Crippen LogP contribution in [-0.2, 0) is 0 Å². The van der Waals surface area contributed by atoms with Crippen LogP contribution in [0.3, 0.4) is 0 Å². The molecule has 2 aromatic carbocycles. The molecule has 0 aliphatic rings. The van der Waals surface area contributed by atoms with Crippen LogP contribution in [0.5, 0.6) is 5.75 Å². The van der Waals surface area contributed by atoms with Gasteiger partial charge in [0, 0.05) is 16.7 Å². The van der Waals surface area contributed by atoms with E-state index in [1.165, 1.54) is 15.6 Å². The summed E-state index contributed by atoms with van der Waals surface area (Å²) in [6.45, 7) is 1.06. The number of nitrogens with two attached hydrogens (primary N) is 1. The van der Waals surface area contributed by atoms with Crippen LogP contribution >= 0.6 is 11.3 Å². The fourth-order valence-corrected chi connectivity index (χ4v) is 3.29. The summed E-state index contributed by atoms with van der Waals surface area (Å²) >= 11 is 1.77. The van der Waals surface area contributed by atoms with E-state index in [1.54, 1.807) is 11.3 Å². The van der Waals surface area contributed by atoms with E-state index in [4.69, 9.17) is 4.74 Å². The Kier molecular flexibility index (Phi) is 4.53. The fraction of sp³-hybridized carbons (Fsp3) is 0.222. The van der Waals surface area contributed by atoms with Gasteiger partial charge in [-0.3, -0.25) is 0 Å². The molecule has 0 unspecified atom stereocenters. The zero-order valence-electron chi connectivity index (χ0n) is 12.2. The van der Waals surface area contributed by atoms with Gasteiger partial charge < -0.3 is 10.1 Å². The van der Waals surface area contributed by atoms with E-state index >= 15 is 0 Å². The highest BCUT2D eigenvalue weighted by molar-refractivity contribution is 7.10. The van der Waals surface area contributed by atoms with Crippen molar-refractivity contribution in [2.45, 2.75) is 12.5 Å². The van der Waals surface area contributed by atoms with Gasteiger partial charge in [0.2, 0.25) is 0 Å². The van der Waals surface area contributed by atoms with E-state index in [0.717, 1.165) is 18.7 Å². The van der Waals surface area contributed by atoms with Gasteiger partial charge in [0.15, 0.2) is 0 Å². The fourth-order valence-electron chi connectivity index (χ4n) is 2.50. The Balaban J connectivity index is 1.90. The van der Waals surface area contributed by atoms with Gasteiger partial charge in [-0.15, -0.1) is 11.3 Å². The van der Waals surface area contributed by atoms with Gasteiger partial charge in [-0.2, -0.15) is 0 Å². The molecule has 1 aromatic heterocycles. The van der Waals surface area contributed by atoms with E-state index in [0.29, 0.717) is 0 Å². The minimum Gasteiger partial charge on any atom is -0.484 e. The lowest BCUT2D eigenvalue weighted by Gasteiger charge is -2.18. The van der Waals surface area contributed by atoms with Gasteiger partial charge in [0.05, 0.1) is 13.6 Å². The molecule has 3 heteroatoms. The minimum absolute atomic E-state index is 0.131. The Bertz CT molecular complexity index is 688. The monoisotopic (exact) mass is 298 g/mol. The second kappa shape index (κ2) is 6.74. The Hall–Kier alpha value is -1.84. The molecule has 0 aliphatic heterocycles. The Morgan fingerprint density at radius 1 is 1.05 bits per heavy atom. The normalized spacial score (nSPS) is 12.4. The summed E-state index contributed by atoms with van der Waals surface area (Å²) in [5.74, 6) is 0.975. The lowest BCUT2D eigenvalue weighted by Crippen LogP contribution is -2.79. The van der Waals surface area contributed by atoms with E-state index in [1.807, 2.05) is 0 Å². The molecule has 3 aromatic rings. The van der Waals surface area contributed by atoms with Gasteiger partial charge in [0.25, 0.3) is 0 Å². The molecule has 108 valence electrons. The average molecular weight is 298 g/mol. The number of hydrogen-bond acceptors (Lipinski definition) is 2. The molecular weight excluding hydrogens is 278 g/mol. The molecule has 2 nitrogen and oxygen atoms in total. The van der Waals surface area contributed by atoms with Crippen LogP contribution in [0, 0.1) is 0 Å². The first kappa shape index (κ1) is 14.1. The molecule has 0 fully saturated rings. The molecule has 0 aliphatic carbocycles. The topological polar surface area (TPSA) is 25.8 Å². The molecule has 2 N–H and O–H groups in total. The minimum atomic E-state index is 0.131. The van der Waals surface area contributed by atoms with Crippen molar-refractivity contribution in [3.63, 3.8) is 0 Å². The molecule has 3 rings (SSSR count). The van der Waals surface area contributed by atoms with Crippen LogP contribution in [0.2, 0.25) is 0 Å². The van der Waals surface area contributed by atoms with E-state index in [-0.39, 0.29) is 6.10 Å². The van der Waals surface area contributed by atoms with Crippen molar-refractivity contribution in [3.8, 4) is 5.75 Å². The first-order valence-corrected chi connectivity index (χ1v) is 8.22. The quantitative estimate of drug-likeness (QED) is 0.739. The molecule has 0 radical (unpaired) electrons. The second-order valence-corrected chi connectivity index (χ2v) is 6.06. The van der Waals surface area contributed by atoms with Gasteiger partial charge in [0.1, 0.15) is 11.9 Å². The summed E-state index contributed by atoms with van der Waals surface area (Å²) in [5, 5.41) is 6.72. The van der Waals surface area contributed by atoms with E-state index < -0.39 is 0 Å². The molecule has 21 heavy (non-hydrogen) atoms. The summed E-state index contributed by atoms with van der Waals surface area (Å²) in [4.78, 5) is 1.30. The predicted octanol–water partition coefficient (Wildman–Crippen LogP) is 3.60. The SMILES string of the molecule is C[NH2+]CC[C@@H](Oc1cccc2ccccc12)c1cccs1. The van der Waals surface area contributed by atoms with Gasteiger partial charge in [-0.25, -0.2) is 0 Å². The largest absolute Gasteiger partial charge is 0.484 e. The highest BCUT2D eigenvalue weighted by Crippen LogP contribution is 2.32. The van der Waals surface area contributed by atoms with Gasteiger partial charge in [-0.05, 0) is 22.9 Å².